The molecular formula is C12H23NS. The first-order chi connectivity index (χ1) is 6.92. The van der Waals surface area contributed by atoms with E-state index in [2.05, 4.69) is 17.5 Å². The van der Waals surface area contributed by atoms with Gasteiger partial charge >= 0.3 is 0 Å². The molecule has 1 nitrogen and oxygen atoms in total. The zero-order valence-electron chi connectivity index (χ0n) is 9.12. The van der Waals surface area contributed by atoms with Crippen LogP contribution >= 0.6 is 12.6 Å². The number of fused-ring (bicyclic) bond motifs is 1. The molecule has 14 heavy (non-hydrogen) atoms. The minimum absolute atomic E-state index is 0.962. The van der Waals surface area contributed by atoms with E-state index in [0.29, 0.717) is 0 Å². The molecule has 2 atom stereocenters. The standard InChI is InChI=1S/C12H23NS/c14-10-4-3-8-13-9-7-11-5-1-2-6-12(11)13/h11-12,14H,1-10H2. The van der Waals surface area contributed by atoms with Crippen molar-refractivity contribution < 1.29 is 0 Å². The van der Waals surface area contributed by atoms with Crippen LogP contribution in [0.15, 0.2) is 0 Å². The van der Waals surface area contributed by atoms with Gasteiger partial charge in [0.1, 0.15) is 0 Å². The SMILES string of the molecule is SCCCCN1CCC2CCCCC21. The second-order valence-electron chi connectivity index (χ2n) is 4.87. The highest BCUT2D eigenvalue weighted by atomic mass is 32.1. The summed E-state index contributed by atoms with van der Waals surface area (Å²) in [7, 11) is 0. The smallest absolute Gasteiger partial charge is 0.0124 e. The quantitative estimate of drug-likeness (QED) is 0.555. The summed E-state index contributed by atoms with van der Waals surface area (Å²) >= 11 is 4.27. The van der Waals surface area contributed by atoms with Gasteiger partial charge in [0, 0.05) is 6.04 Å². The Bertz CT molecular complexity index is 172. The third kappa shape index (κ3) is 2.46. The molecule has 0 spiro atoms. The van der Waals surface area contributed by atoms with Crippen molar-refractivity contribution in [3.05, 3.63) is 0 Å². The Labute approximate surface area is 93.7 Å². The van der Waals surface area contributed by atoms with Gasteiger partial charge in [0.05, 0.1) is 0 Å². The van der Waals surface area contributed by atoms with Crippen molar-refractivity contribution in [3.8, 4) is 0 Å². The van der Waals surface area contributed by atoms with Gasteiger partial charge in [-0.15, -0.1) is 0 Å². The van der Waals surface area contributed by atoms with Crippen molar-refractivity contribution in [3.63, 3.8) is 0 Å². The lowest BCUT2D eigenvalue weighted by atomic mass is 9.85. The Morgan fingerprint density at radius 3 is 2.79 bits per heavy atom. The normalized spacial score (nSPS) is 33.2. The average molecular weight is 213 g/mol. The van der Waals surface area contributed by atoms with E-state index < -0.39 is 0 Å². The third-order valence-electron chi connectivity index (χ3n) is 3.98. The van der Waals surface area contributed by atoms with Gasteiger partial charge in [-0.3, -0.25) is 0 Å². The number of thiol groups is 1. The highest BCUT2D eigenvalue weighted by Crippen LogP contribution is 2.36. The van der Waals surface area contributed by atoms with E-state index >= 15 is 0 Å². The van der Waals surface area contributed by atoms with Crippen molar-refractivity contribution >= 4 is 12.6 Å². The van der Waals surface area contributed by atoms with E-state index in [9.17, 15) is 0 Å². The van der Waals surface area contributed by atoms with Gasteiger partial charge in [-0.1, -0.05) is 12.8 Å². The fourth-order valence-corrected chi connectivity index (χ4v) is 3.43. The highest BCUT2D eigenvalue weighted by Gasteiger charge is 2.34. The second kappa shape index (κ2) is 5.41. The Hall–Kier alpha value is 0.310. The van der Waals surface area contributed by atoms with Crippen LogP contribution in [-0.2, 0) is 0 Å². The largest absolute Gasteiger partial charge is 0.300 e. The van der Waals surface area contributed by atoms with Crippen LogP contribution < -0.4 is 0 Å². The lowest BCUT2D eigenvalue weighted by Gasteiger charge is -2.31. The van der Waals surface area contributed by atoms with Crippen LogP contribution in [0.4, 0.5) is 0 Å². The van der Waals surface area contributed by atoms with Crippen molar-refractivity contribution in [1.82, 2.24) is 4.90 Å². The summed E-state index contributed by atoms with van der Waals surface area (Å²) in [5.74, 6) is 2.11. The Morgan fingerprint density at radius 2 is 1.93 bits per heavy atom. The molecule has 1 saturated carbocycles. The molecule has 2 heteroatoms. The molecule has 2 unspecified atom stereocenters. The maximum atomic E-state index is 4.27. The fourth-order valence-electron chi connectivity index (χ4n) is 3.21. The van der Waals surface area contributed by atoms with Crippen LogP contribution in [0.25, 0.3) is 0 Å². The van der Waals surface area contributed by atoms with E-state index in [1.165, 1.54) is 58.0 Å². The van der Waals surface area contributed by atoms with Gasteiger partial charge in [-0.05, 0) is 56.9 Å². The third-order valence-corrected chi connectivity index (χ3v) is 4.29. The fraction of sp³-hybridized carbons (Fsp3) is 1.00. The van der Waals surface area contributed by atoms with Crippen LogP contribution in [0.3, 0.4) is 0 Å². The van der Waals surface area contributed by atoms with Gasteiger partial charge in [-0.25, -0.2) is 0 Å². The highest BCUT2D eigenvalue weighted by molar-refractivity contribution is 7.80. The summed E-state index contributed by atoms with van der Waals surface area (Å²) in [6.07, 6.45) is 10.1. The average Bonchev–Trinajstić information content (AvgIpc) is 2.63. The van der Waals surface area contributed by atoms with E-state index in [4.69, 9.17) is 0 Å². The molecule has 0 bridgehead atoms. The molecule has 0 radical (unpaired) electrons. The number of hydrogen-bond acceptors (Lipinski definition) is 2. The Balaban J connectivity index is 1.76. The van der Waals surface area contributed by atoms with Crippen LogP contribution in [0.5, 0.6) is 0 Å². The predicted molar refractivity (Wildman–Crippen MR) is 65.0 cm³/mol. The summed E-state index contributed by atoms with van der Waals surface area (Å²) in [5, 5.41) is 0. The zero-order chi connectivity index (χ0) is 9.80. The molecule has 0 N–H and O–H groups in total. The lowest BCUT2D eigenvalue weighted by molar-refractivity contribution is 0.181. The Kier molecular flexibility index (Phi) is 4.18. The van der Waals surface area contributed by atoms with Crippen LogP contribution in [0, 0.1) is 5.92 Å². The molecular weight excluding hydrogens is 190 g/mol. The Morgan fingerprint density at radius 1 is 1.07 bits per heavy atom. The van der Waals surface area contributed by atoms with E-state index in [1.807, 2.05) is 0 Å². The van der Waals surface area contributed by atoms with Gasteiger partial charge in [0.25, 0.3) is 0 Å². The van der Waals surface area contributed by atoms with Crippen LogP contribution in [-0.4, -0.2) is 29.8 Å². The molecule has 0 aromatic carbocycles. The molecule has 1 saturated heterocycles. The molecule has 2 aliphatic rings. The molecule has 1 aliphatic carbocycles. The first-order valence-electron chi connectivity index (χ1n) is 6.26. The molecule has 1 aliphatic heterocycles. The maximum Gasteiger partial charge on any atom is 0.0124 e. The van der Waals surface area contributed by atoms with Gasteiger partial charge in [0.15, 0.2) is 0 Å². The first-order valence-corrected chi connectivity index (χ1v) is 6.90. The molecule has 0 amide bonds. The van der Waals surface area contributed by atoms with Crippen molar-refractivity contribution in [1.29, 1.82) is 0 Å². The van der Waals surface area contributed by atoms with E-state index in [-0.39, 0.29) is 0 Å². The van der Waals surface area contributed by atoms with Gasteiger partial charge in [-0.2, -0.15) is 12.6 Å². The summed E-state index contributed by atoms with van der Waals surface area (Å²) in [5.41, 5.74) is 0. The summed E-state index contributed by atoms with van der Waals surface area (Å²) in [4.78, 5) is 2.76. The first kappa shape index (κ1) is 10.8. The van der Waals surface area contributed by atoms with E-state index in [0.717, 1.165) is 17.7 Å². The van der Waals surface area contributed by atoms with Crippen molar-refractivity contribution in [2.24, 2.45) is 5.92 Å². The van der Waals surface area contributed by atoms with Crippen molar-refractivity contribution in [2.45, 2.75) is 51.0 Å². The zero-order valence-corrected chi connectivity index (χ0v) is 10.0. The molecule has 2 fully saturated rings. The number of likely N-dealkylation sites (tertiary alicyclic amines) is 1. The molecule has 2 rings (SSSR count). The number of rotatable bonds is 4. The number of nitrogens with zero attached hydrogens (tertiary/aromatic N) is 1. The molecule has 82 valence electrons. The van der Waals surface area contributed by atoms with Gasteiger partial charge in [0.2, 0.25) is 0 Å². The van der Waals surface area contributed by atoms with E-state index in [1.54, 1.807) is 0 Å². The summed E-state index contributed by atoms with van der Waals surface area (Å²) < 4.78 is 0. The summed E-state index contributed by atoms with van der Waals surface area (Å²) in [6, 6.07) is 0.962. The topological polar surface area (TPSA) is 3.24 Å². The number of unbranched alkanes of at least 4 members (excludes halogenated alkanes) is 1. The van der Waals surface area contributed by atoms with Crippen molar-refractivity contribution in [2.75, 3.05) is 18.8 Å². The van der Waals surface area contributed by atoms with Gasteiger partial charge < -0.3 is 4.90 Å². The lowest BCUT2D eigenvalue weighted by Crippen LogP contribution is -2.35. The maximum absolute atomic E-state index is 4.27. The van der Waals surface area contributed by atoms with Crippen LogP contribution in [0.1, 0.15) is 44.9 Å². The second-order valence-corrected chi connectivity index (χ2v) is 5.31. The molecule has 0 aromatic heterocycles. The molecule has 0 aromatic rings. The molecule has 1 heterocycles. The minimum atomic E-state index is 0.962. The monoisotopic (exact) mass is 213 g/mol. The predicted octanol–water partition coefficient (Wildman–Crippen LogP) is 2.96. The minimum Gasteiger partial charge on any atom is -0.300 e. The number of hydrogen-bond donors (Lipinski definition) is 1. The summed E-state index contributed by atoms with van der Waals surface area (Å²) in [6.45, 7) is 2.71. The van der Waals surface area contributed by atoms with Crippen LogP contribution in [0.2, 0.25) is 0 Å².